The Morgan fingerprint density at radius 3 is 2.75 bits per heavy atom. The van der Waals surface area contributed by atoms with Crippen LogP contribution in [0.2, 0.25) is 0 Å². The molecular weight excluding hydrogens is 263 g/mol. The summed E-state index contributed by atoms with van der Waals surface area (Å²) < 4.78 is 18.1. The van der Waals surface area contributed by atoms with Gasteiger partial charge in [0, 0.05) is 18.7 Å². The number of nitro benzene ring substituents is 1. The summed E-state index contributed by atoms with van der Waals surface area (Å²) >= 11 is 0. The molecule has 0 aliphatic carbocycles. The molecule has 104 valence electrons. The Kier molecular flexibility index (Phi) is 4.14. The molecule has 0 aromatic heterocycles. The number of nitrogens with one attached hydrogen (secondary N) is 1. The van der Waals surface area contributed by atoms with E-state index < -0.39 is 4.92 Å². The quantitative estimate of drug-likeness (QED) is 0.671. The number of benzene rings is 2. The predicted molar refractivity (Wildman–Crippen MR) is 73.4 cm³/mol. The van der Waals surface area contributed by atoms with Gasteiger partial charge in [-0.1, -0.05) is 12.1 Å². The molecule has 0 amide bonds. The van der Waals surface area contributed by atoms with Gasteiger partial charge in [0.15, 0.2) is 0 Å². The zero-order chi connectivity index (χ0) is 14.5. The van der Waals surface area contributed by atoms with E-state index in [-0.39, 0.29) is 18.0 Å². The predicted octanol–water partition coefficient (Wildman–Crippen LogP) is 3.35. The number of anilines is 1. The van der Waals surface area contributed by atoms with Crippen molar-refractivity contribution in [1.29, 1.82) is 0 Å². The van der Waals surface area contributed by atoms with Gasteiger partial charge in [0.25, 0.3) is 5.69 Å². The summed E-state index contributed by atoms with van der Waals surface area (Å²) in [5.41, 5.74) is 0.975. The molecule has 5 nitrogen and oxygen atoms in total. The third-order valence-corrected chi connectivity index (χ3v) is 2.77. The molecule has 1 N–H and O–H groups in total. The van der Waals surface area contributed by atoms with Gasteiger partial charge in [-0.15, -0.1) is 0 Å². The van der Waals surface area contributed by atoms with Crippen molar-refractivity contribution in [3.63, 3.8) is 0 Å². The summed E-state index contributed by atoms with van der Waals surface area (Å²) in [5.74, 6) is 0.168. The first kappa shape index (κ1) is 13.8. The van der Waals surface area contributed by atoms with Crippen LogP contribution in [0, 0.1) is 15.9 Å². The molecule has 0 radical (unpaired) electrons. The normalized spacial score (nSPS) is 10.1. The Morgan fingerprint density at radius 1 is 1.30 bits per heavy atom. The molecule has 0 saturated heterocycles. The Balaban J connectivity index is 2.21. The second kappa shape index (κ2) is 6.01. The van der Waals surface area contributed by atoms with Crippen LogP contribution < -0.4 is 10.1 Å². The molecule has 0 bridgehead atoms. The highest BCUT2D eigenvalue weighted by Gasteiger charge is 2.14. The van der Waals surface area contributed by atoms with Crippen molar-refractivity contribution < 1.29 is 14.1 Å². The van der Waals surface area contributed by atoms with Crippen LogP contribution in [0.25, 0.3) is 0 Å². The van der Waals surface area contributed by atoms with E-state index in [1.807, 2.05) is 0 Å². The molecule has 0 unspecified atom stereocenters. The van der Waals surface area contributed by atoms with Crippen LogP contribution in [0.5, 0.6) is 5.75 Å². The Morgan fingerprint density at radius 2 is 2.10 bits per heavy atom. The lowest BCUT2D eigenvalue weighted by molar-refractivity contribution is -0.384. The van der Waals surface area contributed by atoms with Crippen molar-refractivity contribution in [2.24, 2.45) is 0 Å². The van der Waals surface area contributed by atoms with Crippen LogP contribution in [0.3, 0.4) is 0 Å². The SMILES string of the molecule is COc1ccc([N+](=O)[O-])c(NCc2cccc(F)c2)c1. The maximum Gasteiger partial charge on any atom is 0.292 e. The molecule has 2 aromatic carbocycles. The molecule has 6 heteroatoms. The van der Waals surface area contributed by atoms with Crippen molar-refractivity contribution in [3.8, 4) is 5.75 Å². The minimum atomic E-state index is -0.479. The minimum Gasteiger partial charge on any atom is -0.497 e. The van der Waals surface area contributed by atoms with E-state index in [4.69, 9.17) is 4.74 Å². The lowest BCUT2D eigenvalue weighted by atomic mass is 10.2. The fourth-order valence-corrected chi connectivity index (χ4v) is 1.79. The molecule has 0 fully saturated rings. The van der Waals surface area contributed by atoms with Crippen LogP contribution in [0.4, 0.5) is 15.8 Å². The molecule has 0 saturated carbocycles. The molecule has 0 aliphatic heterocycles. The van der Waals surface area contributed by atoms with E-state index >= 15 is 0 Å². The Hall–Kier alpha value is -2.63. The summed E-state index contributed by atoms with van der Waals surface area (Å²) in [7, 11) is 1.48. The van der Waals surface area contributed by atoms with Crippen molar-refractivity contribution in [1.82, 2.24) is 0 Å². The molecular formula is C14H13FN2O3. The third-order valence-electron chi connectivity index (χ3n) is 2.77. The Bertz CT molecular complexity index is 632. The van der Waals surface area contributed by atoms with Crippen LogP contribution in [0.15, 0.2) is 42.5 Å². The molecule has 0 atom stereocenters. The van der Waals surface area contributed by atoms with Crippen molar-refractivity contribution in [2.45, 2.75) is 6.54 Å². The van der Waals surface area contributed by atoms with Crippen molar-refractivity contribution in [2.75, 3.05) is 12.4 Å². The van der Waals surface area contributed by atoms with Gasteiger partial charge in [-0.3, -0.25) is 10.1 Å². The van der Waals surface area contributed by atoms with Gasteiger partial charge in [-0.2, -0.15) is 0 Å². The maximum absolute atomic E-state index is 13.1. The highest BCUT2D eigenvalue weighted by Crippen LogP contribution is 2.29. The van der Waals surface area contributed by atoms with E-state index in [1.54, 1.807) is 12.1 Å². The highest BCUT2D eigenvalue weighted by molar-refractivity contribution is 5.64. The third kappa shape index (κ3) is 3.23. The van der Waals surface area contributed by atoms with Gasteiger partial charge in [-0.05, 0) is 23.8 Å². The first-order chi connectivity index (χ1) is 9.60. The average Bonchev–Trinajstić information content (AvgIpc) is 2.44. The van der Waals surface area contributed by atoms with Gasteiger partial charge >= 0.3 is 0 Å². The number of hydrogen-bond donors (Lipinski definition) is 1. The van der Waals surface area contributed by atoms with Gasteiger partial charge in [0.1, 0.15) is 17.3 Å². The topological polar surface area (TPSA) is 64.4 Å². The number of hydrogen-bond acceptors (Lipinski definition) is 4. The molecule has 0 aliphatic rings. The standard InChI is InChI=1S/C14H13FN2O3/c1-20-12-5-6-14(17(18)19)13(8-12)16-9-10-3-2-4-11(15)7-10/h2-8,16H,9H2,1H3. The molecule has 0 heterocycles. The zero-order valence-electron chi connectivity index (χ0n) is 10.8. The van der Waals surface area contributed by atoms with E-state index in [1.165, 1.54) is 37.4 Å². The lowest BCUT2D eigenvalue weighted by Crippen LogP contribution is -2.03. The summed E-state index contributed by atoms with van der Waals surface area (Å²) in [5, 5.41) is 13.9. The maximum atomic E-state index is 13.1. The van der Waals surface area contributed by atoms with Crippen molar-refractivity contribution in [3.05, 3.63) is 64.0 Å². The highest BCUT2D eigenvalue weighted by atomic mass is 19.1. The molecule has 2 aromatic rings. The second-order valence-corrected chi connectivity index (χ2v) is 4.12. The first-order valence-corrected chi connectivity index (χ1v) is 5.91. The fourth-order valence-electron chi connectivity index (χ4n) is 1.79. The number of rotatable bonds is 5. The monoisotopic (exact) mass is 276 g/mol. The van der Waals surface area contributed by atoms with Gasteiger partial charge in [-0.25, -0.2) is 4.39 Å². The summed E-state index contributed by atoms with van der Waals surface area (Å²) in [6.07, 6.45) is 0. The fraction of sp³-hybridized carbons (Fsp3) is 0.143. The van der Waals surface area contributed by atoms with E-state index in [9.17, 15) is 14.5 Å². The van der Waals surface area contributed by atoms with Crippen LogP contribution in [-0.2, 0) is 6.54 Å². The number of halogens is 1. The van der Waals surface area contributed by atoms with E-state index in [0.717, 1.165) is 0 Å². The lowest BCUT2D eigenvalue weighted by Gasteiger charge is -2.09. The zero-order valence-corrected chi connectivity index (χ0v) is 10.8. The van der Waals surface area contributed by atoms with Gasteiger partial charge in [0.05, 0.1) is 12.0 Å². The number of nitro groups is 1. The first-order valence-electron chi connectivity index (χ1n) is 5.91. The second-order valence-electron chi connectivity index (χ2n) is 4.12. The van der Waals surface area contributed by atoms with Crippen LogP contribution in [-0.4, -0.2) is 12.0 Å². The summed E-state index contributed by atoms with van der Waals surface area (Å²) in [4.78, 5) is 10.5. The van der Waals surface area contributed by atoms with E-state index in [2.05, 4.69) is 5.32 Å². The largest absolute Gasteiger partial charge is 0.497 e. The average molecular weight is 276 g/mol. The molecule has 20 heavy (non-hydrogen) atoms. The van der Waals surface area contributed by atoms with Crippen molar-refractivity contribution >= 4 is 11.4 Å². The number of methoxy groups -OCH3 is 1. The van der Waals surface area contributed by atoms with Gasteiger partial charge in [0.2, 0.25) is 0 Å². The van der Waals surface area contributed by atoms with Crippen LogP contribution >= 0.6 is 0 Å². The Labute approximate surface area is 115 Å². The number of nitrogens with zero attached hydrogens (tertiary/aromatic N) is 1. The smallest absolute Gasteiger partial charge is 0.292 e. The van der Waals surface area contributed by atoms with E-state index in [0.29, 0.717) is 17.0 Å². The van der Waals surface area contributed by atoms with Crippen LogP contribution in [0.1, 0.15) is 5.56 Å². The summed E-state index contributed by atoms with van der Waals surface area (Å²) in [6, 6.07) is 10.5. The molecule has 0 spiro atoms. The molecule has 2 rings (SSSR count). The summed E-state index contributed by atoms with van der Waals surface area (Å²) in [6.45, 7) is 0.283. The minimum absolute atomic E-state index is 0.0535. The van der Waals surface area contributed by atoms with Gasteiger partial charge < -0.3 is 10.1 Å². The number of ether oxygens (including phenoxy) is 1.